The van der Waals surface area contributed by atoms with Gasteiger partial charge < -0.3 is 20.4 Å². The first kappa shape index (κ1) is 21.8. The summed E-state index contributed by atoms with van der Waals surface area (Å²) in [5, 5.41) is 35.2. The minimum Gasteiger partial charge on any atom is -0.480 e. The summed E-state index contributed by atoms with van der Waals surface area (Å²) in [6.45, 7) is -1.98. The Morgan fingerprint density at radius 1 is 0.769 bits per heavy atom. The third-order valence-electron chi connectivity index (χ3n) is 3.77. The minimum absolute atomic E-state index is 0.000430. The van der Waals surface area contributed by atoms with Crippen LogP contribution in [0.4, 0.5) is 0 Å². The topological polar surface area (TPSA) is 174 Å². The van der Waals surface area contributed by atoms with Crippen LogP contribution < -0.4 is 0 Å². The highest BCUT2D eigenvalue weighted by Gasteiger charge is 2.49. The van der Waals surface area contributed by atoms with Gasteiger partial charge in [-0.2, -0.15) is 0 Å². The Kier molecular flexibility index (Phi) is 8.38. The lowest BCUT2D eigenvalue weighted by Gasteiger charge is -2.28. The van der Waals surface area contributed by atoms with Crippen LogP contribution >= 0.6 is 0 Å². The van der Waals surface area contributed by atoms with E-state index in [0.29, 0.717) is 12.8 Å². The highest BCUT2D eigenvalue weighted by atomic mass is 17.2. The van der Waals surface area contributed by atoms with Gasteiger partial charge in [-0.3, -0.25) is 29.0 Å². The number of carboxylic acid groups (broad SMARTS) is 4. The van der Waals surface area contributed by atoms with Gasteiger partial charge in [-0.15, -0.1) is 0 Å². The summed E-state index contributed by atoms with van der Waals surface area (Å²) in [4.78, 5) is 55.5. The van der Waals surface area contributed by atoms with E-state index in [1.165, 1.54) is 4.90 Å². The molecule has 1 aliphatic rings. The zero-order valence-electron chi connectivity index (χ0n) is 14.0. The van der Waals surface area contributed by atoms with Crippen molar-refractivity contribution >= 4 is 23.9 Å². The summed E-state index contributed by atoms with van der Waals surface area (Å²) in [5.74, 6) is -4.67. The molecule has 0 radical (unpaired) electrons. The molecule has 12 nitrogen and oxygen atoms in total. The van der Waals surface area contributed by atoms with Gasteiger partial charge in [-0.05, 0) is 12.8 Å². The van der Waals surface area contributed by atoms with Gasteiger partial charge in [0.1, 0.15) is 6.61 Å². The first-order valence-electron chi connectivity index (χ1n) is 7.73. The van der Waals surface area contributed by atoms with Crippen LogP contribution in [0.2, 0.25) is 0 Å². The van der Waals surface area contributed by atoms with Crippen molar-refractivity contribution in [3.05, 3.63) is 0 Å². The Balaban J connectivity index is 2.40. The van der Waals surface area contributed by atoms with Crippen LogP contribution in [-0.4, -0.2) is 106 Å². The largest absolute Gasteiger partial charge is 0.480 e. The molecular formula is C14H22N2O10. The molecule has 148 valence electrons. The first-order chi connectivity index (χ1) is 12.1. The van der Waals surface area contributed by atoms with E-state index in [2.05, 4.69) is 0 Å². The molecule has 0 aliphatic heterocycles. The Labute approximate surface area is 148 Å². The molecule has 1 rings (SSSR count). The number of hydrogen-bond acceptors (Lipinski definition) is 8. The molecule has 0 atom stereocenters. The lowest BCUT2D eigenvalue weighted by molar-refractivity contribution is -0.304. The van der Waals surface area contributed by atoms with Crippen molar-refractivity contribution in [2.24, 2.45) is 0 Å². The quantitative estimate of drug-likeness (QED) is 0.146. The molecule has 0 heterocycles. The minimum atomic E-state index is -1.18. The normalized spacial score (nSPS) is 15.2. The van der Waals surface area contributed by atoms with Crippen molar-refractivity contribution in [2.45, 2.75) is 18.4 Å². The average molecular weight is 378 g/mol. The second-order valence-corrected chi connectivity index (χ2v) is 5.95. The lowest BCUT2D eigenvalue weighted by Crippen LogP contribution is -2.46. The Bertz CT molecular complexity index is 502. The maximum absolute atomic E-state index is 10.9. The third-order valence-corrected chi connectivity index (χ3v) is 3.77. The molecule has 26 heavy (non-hydrogen) atoms. The third kappa shape index (κ3) is 8.20. The second kappa shape index (κ2) is 10.0. The fourth-order valence-electron chi connectivity index (χ4n) is 2.39. The highest BCUT2D eigenvalue weighted by Crippen LogP contribution is 2.41. The van der Waals surface area contributed by atoms with Crippen molar-refractivity contribution in [1.29, 1.82) is 0 Å². The Hall–Kier alpha value is -2.28. The molecule has 0 saturated heterocycles. The van der Waals surface area contributed by atoms with E-state index in [4.69, 9.17) is 30.2 Å². The second-order valence-electron chi connectivity index (χ2n) is 5.95. The van der Waals surface area contributed by atoms with Gasteiger partial charge in [0, 0.05) is 12.1 Å². The van der Waals surface area contributed by atoms with Crippen LogP contribution in [0.3, 0.4) is 0 Å². The molecule has 0 aromatic rings. The fraction of sp³-hybridized carbons (Fsp3) is 0.714. The number of carboxylic acids is 4. The zero-order valence-corrected chi connectivity index (χ0v) is 14.0. The van der Waals surface area contributed by atoms with Crippen LogP contribution in [0.5, 0.6) is 0 Å². The number of carbonyl (C=O) groups is 4. The fourth-order valence-corrected chi connectivity index (χ4v) is 2.39. The number of aliphatic carboxylic acids is 4. The van der Waals surface area contributed by atoms with Crippen molar-refractivity contribution in [3.8, 4) is 0 Å². The number of nitrogens with zero attached hydrogens (tertiary/aromatic N) is 2. The predicted molar refractivity (Wildman–Crippen MR) is 82.4 cm³/mol. The van der Waals surface area contributed by atoms with E-state index in [9.17, 15) is 19.2 Å². The maximum atomic E-state index is 10.9. The summed E-state index contributed by atoms with van der Waals surface area (Å²) in [5.41, 5.74) is -0.724. The van der Waals surface area contributed by atoms with Gasteiger partial charge in [-0.1, -0.05) is 0 Å². The molecule has 1 aliphatic carbocycles. The predicted octanol–water partition coefficient (Wildman–Crippen LogP) is -1.59. The van der Waals surface area contributed by atoms with Crippen LogP contribution in [0, 0.1) is 0 Å². The zero-order chi connectivity index (χ0) is 19.7. The standard InChI is InChI=1S/C14H22N2O10/c17-10(18)5-15(6-11(19)20)3-4-25-26-9-14(1-2-14)16(7-12(21)22)8-13(23)24/h1-9H2,(H,17,18)(H,19,20)(H,21,22)(H,23,24). The summed E-state index contributed by atoms with van der Waals surface area (Å²) < 4.78 is 0. The average Bonchev–Trinajstić information content (AvgIpc) is 3.25. The molecule has 12 heteroatoms. The van der Waals surface area contributed by atoms with Gasteiger partial charge in [-0.25, -0.2) is 9.78 Å². The van der Waals surface area contributed by atoms with Gasteiger partial charge in [0.2, 0.25) is 0 Å². The lowest BCUT2D eigenvalue weighted by atomic mass is 10.2. The van der Waals surface area contributed by atoms with Crippen LogP contribution in [0.1, 0.15) is 12.8 Å². The van der Waals surface area contributed by atoms with Crippen molar-refractivity contribution in [1.82, 2.24) is 9.80 Å². The summed E-state index contributed by atoms with van der Waals surface area (Å²) >= 11 is 0. The smallest absolute Gasteiger partial charge is 0.317 e. The van der Waals surface area contributed by atoms with E-state index in [1.807, 2.05) is 0 Å². The van der Waals surface area contributed by atoms with Crippen molar-refractivity contribution < 1.29 is 49.4 Å². The van der Waals surface area contributed by atoms with E-state index >= 15 is 0 Å². The Morgan fingerprint density at radius 3 is 1.62 bits per heavy atom. The van der Waals surface area contributed by atoms with Gasteiger partial charge in [0.25, 0.3) is 0 Å². The molecule has 0 amide bonds. The number of rotatable bonds is 15. The summed E-state index contributed by atoms with van der Waals surface area (Å²) in [7, 11) is 0. The molecule has 1 fully saturated rings. The Morgan fingerprint density at radius 2 is 1.23 bits per heavy atom. The molecule has 4 N–H and O–H groups in total. The molecule has 0 aromatic heterocycles. The first-order valence-corrected chi connectivity index (χ1v) is 7.73. The van der Waals surface area contributed by atoms with Crippen LogP contribution in [-0.2, 0) is 29.0 Å². The summed E-state index contributed by atoms with van der Waals surface area (Å²) in [6, 6.07) is 0. The van der Waals surface area contributed by atoms with E-state index < -0.39 is 55.6 Å². The van der Waals surface area contributed by atoms with Crippen molar-refractivity contribution in [2.75, 3.05) is 45.9 Å². The molecule has 1 saturated carbocycles. The highest BCUT2D eigenvalue weighted by molar-refractivity contribution is 5.73. The summed E-state index contributed by atoms with van der Waals surface area (Å²) in [6.07, 6.45) is 1.11. The SMILES string of the molecule is O=C(O)CN(CCOOCC1(N(CC(=O)O)CC(=O)O)CC1)CC(=O)O. The maximum Gasteiger partial charge on any atom is 0.317 e. The van der Waals surface area contributed by atoms with Crippen LogP contribution in [0.25, 0.3) is 0 Å². The van der Waals surface area contributed by atoms with E-state index in [1.54, 1.807) is 0 Å². The van der Waals surface area contributed by atoms with Gasteiger partial charge >= 0.3 is 23.9 Å². The van der Waals surface area contributed by atoms with Gasteiger partial charge in [0.05, 0.1) is 32.8 Å². The van der Waals surface area contributed by atoms with Gasteiger partial charge in [0.15, 0.2) is 0 Å². The molecule has 0 spiro atoms. The van der Waals surface area contributed by atoms with E-state index in [0.717, 1.165) is 4.90 Å². The monoisotopic (exact) mass is 378 g/mol. The molecule has 0 unspecified atom stereocenters. The number of hydrogen-bond donors (Lipinski definition) is 4. The molecule has 0 aromatic carbocycles. The molecule has 0 bridgehead atoms. The van der Waals surface area contributed by atoms with Crippen molar-refractivity contribution in [3.63, 3.8) is 0 Å². The van der Waals surface area contributed by atoms with E-state index in [-0.39, 0.29) is 19.8 Å². The van der Waals surface area contributed by atoms with Crippen LogP contribution in [0.15, 0.2) is 0 Å². The molecular weight excluding hydrogens is 356 g/mol.